The molecule has 0 bridgehead atoms. The van der Waals surface area contributed by atoms with Gasteiger partial charge in [-0.05, 0) is 23.8 Å². The molecule has 0 aliphatic rings. The summed E-state index contributed by atoms with van der Waals surface area (Å²) in [5.41, 5.74) is 0.973. The molecule has 0 saturated heterocycles. The normalized spacial score (nSPS) is 13.1. The van der Waals surface area contributed by atoms with Crippen molar-refractivity contribution in [3.8, 4) is 0 Å². The Morgan fingerprint density at radius 3 is 2.94 bits per heavy atom. The number of hydrogen-bond donors (Lipinski definition) is 1. The predicted molar refractivity (Wildman–Crippen MR) is 72.7 cm³/mol. The van der Waals surface area contributed by atoms with Crippen LogP contribution in [0.4, 0.5) is 0 Å². The van der Waals surface area contributed by atoms with E-state index < -0.39 is 6.10 Å². The Morgan fingerprint density at radius 2 is 2.18 bits per heavy atom. The van der Waals surface area contributed by atoms with Gasteiger partial charge in [0.15, 0.2) is 0 Å². The van der Waals surface area contributed by atoms with Gasteiger partial charge >= 0.3 is 0 Å². The van der Waals surface area contributed by atoms with Crippen molar-refractivity contribution >= 4 is 32.8 Å². The van der Waals surface area contributed by atoms with E-state index in [1.165, 1.54) is 5.39 Å². The van der Waals surface area contributed by atoms with E-state index >= 15 is 0 Å². The molecule has 3 aromatic rings. The quantitative estimate of drug-likeness (QED) is 0.762. The highest BCUT2D eigenvalue weighted by atomic mass is 32.1. The summed E-state index contributed by atoms with van der Waals surface area (Å²) in [6.45, 7) is 1.95. The summed E-state index contributed by atoms with van der Waals surface area (Å²) >= 11 is 3.21. The lowest BCUT2D eigenvalue weighted by Gasteiger charge is -2.09. The number of rotatable bonds is 2. The number of thiazole rings is 1. The smallest absolute Gasteiger partial charge is 0.116 e. The summed E-state index contributed by atoms with van der Waals surface area (Å²) in [5, 5.41) is 14.6. The van der Waals surface area contributed by atoms with Gasteiger partial charge in [0.2, 0.25) is 0 Å². The topological polar surface area (TPSA) is 33.1 Å². The van der Waals surface area contributed by atoms with Crippen molar-refractivity contribution in [2.75, 3.05) is 0 Å². The zero-order chi connectivity index (χ0) is 11.8. The minimum Gasteiger partial charge on any atom is -0.383 e. The van der Waals surface area contributed by atoms with Crippen LogP contribution in [-0.4, -0.2) is 10.1 Å². The van der Waals surface area contributed by atoms with Crippen molar-refractivity contribution in [3.05, 3.63) is 51.3 Å². The van der Waals surface area contributed by atoms with Crippen molar-refractivity contribution in [3.63, 3.8) is 0 Å². The Kier molecular flexibility index (Phi) is 2.70. The molecular weight excluding hydrogens is 250 g/mol. The lowest BCUT2D eigenvalue weighted by Crippen LogP contribution is -1.96. The number of hydrogen-bond acceptors (Lipinski definition) is 4. The zero-order valence-corrected chi connectivity index (χ0v) is 10.9. The zero-order valence-electron chi connectivity index (χ0n) is 9.25. The highest BCUT2D eigenvalue weighted by molar-refractivity contribution is 7.17. The molecule has 0 aliphatic carbocycles. The van der Waals surface area contributed by atoms with Gasteiger partial charge < -0.3 is 5.11 Å². The second-order valence-corrected chi connectivity index (χ2v) is 6.05. The molecule has 2 heterocycles. The van der Waals surface area contributed by atoms with Gasteiger partial charge in [-0.15, -0.1) is 22.7 Å². The SMILES string of the molecule is Cc1ncc(C(O)c2cccc3ccsc23)s1. The lowest BCUT2D eigenvalue weighted by molar-refractivity contribution is 0.225. The third-order valence-corrected chi connectivity index (χ3v) is 4.66. The largest absolute Gasteiger partial charge is 0.383 e. The van der Waals surface area contributed by atoms with Crippen LogP contribution in [0, 0.1) is 6.92 Å². The summed E-state index contributed by atoms with van der Waals surface area (Å²) < 4.78 is 1.16. The summed E-state index contributed by atoms with van der Waals surface area (Å²) in [6, 6.07) is 8.12. The number of nitrogens with zero attached hydrogens (tertiary/aromatic N) is 1. The van der Waals surface area contributed by atoms with Crippen LogP contribution in [0.2, 0.25) is 0 Å². The molecule has 0 saturated carbocycles. The second-order valence-electron chi connectivity index (χ2n) is 3.87. The molecule has 4 heteroatoms. The van der Waals surface area contributed by atoms with E-state index in [9.17, 15) is 5.11 Å². The first kappa shape index (κ1) is 10.9. The van der Waals surface area contributed by atoms with E-state index in [4.69, 9.17) is 0 Å². The van der Waals surface area contributed by atoms with E-state index in [1.54, 1.807) is 28.9 Å². The fourth-order valence-corrected chi connectivity index (χ4v) is 3.62. The van der Waals surface area contributed by atoms with E-state index in [0.29, 0.717) is 0 Å². The van der Waals surface area contributed by atoms with Gasteiger partial charge in [0.1, 0.15) is 6.10 Å². The van der Waals surface area contributed by atoms with E-state index in [2.05, 4.69) is 22.5 Å². The number of aryl methyl sites for hydroxylation is 1. The standard InChI is InChI=1S/C13H11NOS2/c1-8-14-7-11(17-8)12(15)10-4-2-3-9-5-6-16-13(9)10/h2-7,12,15H,1H3. The van der Waals surface area contributed by atoms with E-state index in [0.717, 1.165) is 20.1 Å². The molecule has 3 rings (SSSR count). The number of aliphatic hydroxyl groups excluding tert-OH is 1. The Labute approximate surface area is 107 Å². The van der Waals surface area contributed by atoms with Crippen molar-refractivity contribution in [2.45, 2.75) is 13.0 Å². The Hall–Kier alpha value is -1.23. The molecule has 2 nitrogen and oxygen atoms in total. The van der Waals surface area contributed by atoms with Crippen LogP contribution in [0.3, 0.4) is 0 Å². The molecule has 0 aliphatic heterocycles. The van der Waals surface area contributed by atoms with E-state index in [1.807, 2.05) is 19.1 Å². The van der Waals surface area contributed by atoms with Crippen molar-refractivity contribution in [1.82, 2.24) is 4.98 Å². The summed E-state index contributed by atoms with van der Waals surface area (Å²) in [5.74, 6) is 0. The van der Waals surface area contributed by atoms with Crippen LogP contribution in [0.15, 0.2) is 35.8 Å². The molecule has 0 fully saturated rings. The summed E-state index contributed by atoms with van der Waals surface area (Å²) in [4.78, 5) is 5.10. The third-order valence-electron chi connectivity index (χ3n) is 2.71. The van der Waals surface area contributed by atoms with Crippen LogP contribution in [-0.2, 0) is 0 Å². The molecule has 1 unspecified atom stereocenters. The molecule has 0 spiro atoms. The van der Waals surface area contributed by atoms with Gasteiger partial charge in [0.25, 0.3) is 0 Å². The highest BCUT2D eigenvalue weighted by Gasteiger charge is 2.16. The molecule has 0 amide bonds. The molecule has 1 atom stereocenters. The monoisotopic (exact) mass is 261 g/mol. The first-order chi connectivity index (χ1) is 8.25. The molecule has 86 valence electrons. The number of aliphatic hydroxyl groups is 1. The number of thiophene rings is 1. The van der Waals surface area contributed by atoms with Crippen LogP contribution in [0.1, 0.15) is 21.6 Å². The van der Waals surface area contributed by atoms with Gasteiger partial charge in [0.05, 0.1) is 9.88 Å². The predicted octanol–water partition coefficient (Wildman–Crippen LogP) is 3.75. The minimum absolute atomic E-state index is 0.566. The summed E-state index contributed by atoms with van der Waals surface area (Å²) in [7, 11) is 0. The minimum atomic E-state index is -0.566. The maximum atomic E-state index is 10.4. The average molecular weight is 261 g/mol. The first-order valence-electron chi connectivity index (χ1n) is 5.32. The molecule has 2 aromatic heterocycles. The Balaban J connectivity index is 2.12. The van der Waals surface area contributed by atoms with Gasteiger partial charge in [0, 0.05) is 16.5 Å². The molecular formula is C13H11NOS2. The van der Waals surface area contributed by atoms with Gasteiger partial charge in [-0.1, -0.05) is 18.2 Å². The van der Waals surface area contributed by atoms with Crippen LogP contribution < -0.4 is 0 Å². The molecule has 1 N–H and O–H groups in total. The summed E-state index contributed by atoms with van der Waals surface area (Å²) in [6.07, 6.45) is 1.19. The fourth-order valence-electron chi connectivity index (χ4n) is 1.89. The van der Waals surface area contributed by atoms with Crippen molar-refractivity contribution in [2.24, 2.45) is 0 Å². The van der Waals surface area contributed by atoms with Crippen LogP contribution >= 0.6 is 22.7 Å². The van der Waals surface area contributed by atoms with Crippen molar-refractivity contribution in [1.29, 1.82) is 0 Å². The first-order valence-corrected chi connectivity index (χ1v) is 7.02. The number of benzene rings is 1. The van der Waals surface area contributed by atoms with Crippen LogP contribution in [0.5, 0.6) is 0 Å². The Morgan fingerprint density at radius 1 is 1.29 bits per heavy atom. The van der Waals surface area contributed by atoms with Crippen LogP contribution in [0.25, 0.3) is 10.1 Å². The van der Waals surface area contributed by atoms with E-state index in [-0.39, 0.29) is 0 Å². The Bertz CT molecular complexity index is 656. The lowest BCUT2D eigenvalue weighted by atomic mass is 10.1. The third kappa shape index (κ3) is 1.88. The molecule has 0 radical (unpaired) electrons. The second kappa shape index (κ2) is 4.22. The molecule has 1 aromatic carbocycles. The maximum absolute atomic E-state index is 10.4. The fraction of sp³-hybridized carbons (Fsp3) is 0.154. The van der Waals surface area contributed by atoms with Crippen molar-refractivity contribution < 1.29 is 5.11 Å². The van der Waals surface area contributed by atoms with Gasteiger partial charge in [-0.3, -0.25) is 0 Å². The highest BCUT2D eigenvalue weighted by Crippen LogP contribution is 2.34. The number of fused-ring (bicyclic) bond motifs is 1. The van der Waals surface area contributed by atoms with Gasteiger partial charge in [-0.25, -0.2) is 4.98 Å². The van der Waals surface area contributed by atoms with Gasteiger partial charge in [-0.2, -0.15) is 0 Å². The molecule has 17 heavy (non-hydrogen) atoms. The average Bonchev–Trinajstić information content (AvgIpc) is 2.95. The number of aromatic nitrogens is 1. The maximum Gasteiger partial charge on any atom is 0.116 e.